The Labute approximate surface area is 374 Å². The smallest absolute Gasteiger partial charge is 0.305 e. The highest BCUT2D eigenvalue weighted by Crippen LogP contribution is 2.17. The molecule has 0 fully saturated rings. The van der Waals surface area contributed by atoms with Crippen molar-refractivity contribution in [2.45, 2.75) is 309 Å². The third-order valence-electron chi connectivity index (χ3n) is 12.6. The molecular formula is C54H105NO5. The lowest BCUT2D eigenvalue weighted by Crippen LogP contribution is -2.45. The molecule has 3 N–H and O–H groups in total. The van der Waals surface area contributed by atoms with Crippen molar-refractivity contribution >= 4 is 11.9 Å². The van der Waals surface area contributed by atoms with Gasteiger partial charge in [0.25, 0.3) is 0 Å². The molecule has 6 nitrogen and oxygen atoms in total. The van der Waals surface area contributed by atoms with Crippen LogP contribution in [0, 0.1) is 0 Å². The van der Waals surface area contributed by atoms with Crippen LogP contribution in [0.1, 0.15) is 296 Å². The Balaban J connectivity index is 3.45. The highest BCUT2D eigenvalue weighted by Gasteiger charge is 2.20. The molecule has 0 aliphatic rings. The highest BCUT2D eigenvalue weighted by atomic mass is 16.5. The molecule has 60 heavy (non-hydrogen) atoms. The van der Waals surface area contributed by atoms with Crippen molar-refractivity contribution in [1.82, 2.24) is 5.32 Å². The summed E-state index contributed by atoms with van der Waals surface area (Å²) in [6.45, 7) is 4.90. The standard InChI is InChI=1S/C54H105NO5/c1-3-5-7-9-11-13-15-16-17-18-19-20-23-27-30-34-38-42-46-52(57)51(50-56)55-53(58)47-43-39-35-31-28-24-21-22-25-29-33-37-41-45-49-60-54(59)48-44-40-36-32-26-14-12-10-8-6-4-2/h10,12,51-52,56-57H,3-9,11,13-50H2,1-2H3,(H,55,58)/b12-10-. The second kappa shape index (κ2) is 50.2. The van der Waals surface area contributed by atoms with Crippen molar-refractivity contribution in [1.29, 1.82) is 0 Å². The fourth-order valence-corrected chi connectivity index (χ4v) is 8.39. The van der Waals surface area contributed by atoms with Crippen LogP contribution in [0.25, 0.3) is 0 Å². The van der Waals surface area contributed by atoms with Gasteiger partial charge in [-0.05, 0) is 44.9 Å². The third kappa shape index (κ3) is 46.1. The van der Waals surface area contributed by atoms with Gasteiger partial charge < -0.3 is 20.3 Å². The lowest BCUT2D eigenvalue weighted by molar-refractivity contribution is -0.143. The first kappa shape index (κ1) is 58.6. The Morgan fingerprint density at radius 2 is 0.800 bits per heavy atom. The molecule has 0 aliphatic carbocycles. The maximum absolute atomic E-state index is 12.5. The zero-order valence-electron chi connectivity index (χ0n) is 40.5. The number of aliphatic hydroxyl groups excluding tert-OH is 2. The average Bonchev–Trinajstić information content (AvgIpc) is 3.25. The predicted molar refractivity (Wildman–Crippen MR) is 260 cm³/mol. The summed E-state index contributed by atoms with van der Waals surface area (Å²) in [5, 5.41) is 23.3. The molecule has 2 unspecified atom stereocenters. The summed E-state index contributed by atoms with van der Waals surface area (Å²) in [4.78, 5) is 24.4. The first-order valence-electron chi connectivity index (χ1n) is 26.9. The molecule has 0 aliphatic heterocycles. The Morgan fingerprint density at radius 1 is 0.450 bits per heavy atom. The molecule has 0 bridgehead atoms. The molecule has 1 amide bonds. The number of aliphatic hydroxyl groups is 2. The van der Waals surface area contributed by atoms with E-state index in [9.17, 15) is 19.8 Å². The Morgan fingerprint density at radius 3 is 1.23 bits per heavy atom. The van der Waals surface area contributed by atoms with Gasteiger partial charge in [0.1, 0.15) is 0 Å². The lowest BCUT2D eigenvalue weighted by Gasteiger charge is -2.22. The number of esters is 1. The monoisotopic (exact) mass is 848 g/mol. The van der Waals surface area contributed by atoms with E-state index in [-0.39, 0.29) is 18.5 Å². The Kier molecular flexibility index (Phi) is 49.1. The van der Waals surface area contributed by atoms with Crippen LogP contribution in [0.15, 0.2) is 12.2 Å². The summed E-state index contributed by atoms with van der Waals surface area (Å²) in [7, 11) is 0. The van der Waals surface area contributed by atoms with Gasteiger partial charge in [-0.2, -0.15) is 0 Å². The van der Waals surface area contributed by atoms with Crippen molar-refractivity contribution in [3.05, 3.63) is 12.2 Å². The summed E-state index contributed by atoms with van der Waals surface area (Å²) in [6.07, 6.45) is 57.5. The minimum Gasteiger partial charge on any atom is -0.466 e. The van der Waals surface area contributed by atoms with Crippen molar-refractivity contribution < 1.29 is 24.5 Å². The highest BCUT2D eigenvalue weighted by molar-refractivity contribution is 5.76. The maximum atomic E-state index is 12.5. The third-order valence-corrected chi connectivity index (χ3v) is 12.6. The molecule has 6 heteroatoms. The maximum Gasteiger partial charge on any atom is 0.305 e. The number of hydrogen-bond donors (Lipinski definition) is 3. The van der Waals surface area contributed by atoms with Gasteiger partial charge in [0.15, 0.2) is 0 Å². The molecule has 0 saturated heterocycles. The molecule has 0 rings (SSSR count). The van der Waals surface area contributed by atoms with Gasteiger partial charge in [-0.25, -0.2) is 0 Å². The van der Waals surface area contributed by atoms with E-state index in [0.29, 0.717) is 25.9 Å². The topological polar surface area (TPSA) is 95.9 Å². The number of ether oxygens (including phenoxy) is 1. The number of amides is 1. The van der Waals surface area contributed by atoms with Crippen LogP contribution < -0.4 is 5.32 Å². The number of hydrogen-bond acceptors (Lipinski definition) is 5. The van der Waals surface area contributed by atoms with Gasteiger partial charge >= 0.3 is 5.97 Å². The first-order chi connectivity index (χ1) is 29.5. The molecule has 0 radical (unpaired) electrons. The number of allylic oxidation sites excluding steroid dienone is 2. The fourth-order valence-electron chi connectivity index (χ4n) is 8.39. The number of nitrogens with one attached hydrogen (secondary N) is 1. The van der Waals surface area contributed by atoms with Gasteiger partial charge in [-0.1, -0.05) is 251 Å². The van der Waals surface area contributed by atoms with Crippen LogP contribution >= 0.6 is 0 Å². The van der Waals surface area contributed by atoms with Crippen molar-refractivity contribution in [2.75, 3.05) is 13.2 Å². The van der Waals surface area contributed by atoms with E-state index in [4.69, 9.17) is 4.74 Å². The second-order valence-corrected chi connectivity index (χ2v) is 18.6. The van der Waals surface area contributed by atoms with Crippen LogP contribution in [0.4, 0.5) is 0 Å². The predicted octanol–water partition coefficient (Wildman–Crippen LogP) is 16.1. The fraction of sp³-hybridized carbons (Fsp3) is 0.926. The van der Waals surface area contributed by atoms with Crippen LogP contribution in [-0.2, 0) is 14.3 Å². The van der Waals surface area contributed by atoms with E-state index >= 15 is 0 Å². The summed E-state index contributed by atoms with van der Waals surface area (Å²) in [5.41, 5.74) is 0. The molecule has 0 aromatic heterocycles. The molecule has 0 saturated carbocycles. The summed E-state index contributed by atoms with van der Waals surface area (Å²) >= 11 is 0. The SMILES string of the molecule is CCCC/C=C\CCCCCCCC(=O)OCCCCCCCCCCCCCCCCC(=O)NC(CO)C(O)CCCCCCCCCCCCCCCCCCCC. The van der Waals surface area contributed by atoms with E-state index in [1.54, 1.807) is 0 Å². The van der Waals surface area contributed by atoms with E-state index in [1.165, 1.54) is 212 Å². The Bertz CT molecular complexity index is 893. The van der Waals surface area contributed by atoms with Crippen LogP contribution in [0.5, 0.6) is 0 Å². The van der Waals surface area contributed by atoms with E-state index in [0.717, 1.165) is 51.4 Å². The zero-order valence-corrected chi connectivity index (χ0v) is 40.5. The van der Waals surface area contributed by atoms with Crippen LogP contribution in [-0.4, -0.2) is 47.4 Å². The molecule has 0 spiro atoms. The number of rotatable bonds is 50. The first-order valence-corrected chi connectivity index (χ1v) is 26.9. The van der Waals surface area contributed by atoms with Gasteiger partial charge in [0, 0.05) is 12.8 Å². The molecule has 0 aromatic rings. The minimum absolute atomic E-state index is 0.0127. The zero-order chi connectivity index (χ0) is 43.7. The molecule has 356 valence electrons. The molecule has 0 aromatic carbocycles. The van der Waals surface area contributed by atoms with E-state index in [1.807, 2.05) is 0 Å². The number of carbonyl (C=O) groups excluding carboxylic acids is 2. The number of unbranched alkanes of at least 4 members (excludes halogenated alkanes) is 37. The van der Waals surface area contributed by atoms with Gasteiger partial charge in [-0.3, -0.25) is 9.59 Å². The van der Waals surface area contributed by atoms with Crippen molar-refractivity contribution in [3.63, 3.8) is 0 Å². The van der Waals surface area contributed by atoms with Gasteiger partial charge in [0.2, 0.25) is 5.91 Å². The molecule has 0 heterocycles. The Hall–Kier alpha value is -1.40. The number of carbonyl (C=O) groups is 2. The van der Waals surface area contributed by atoms with Crippen molar-refractivity contribution in [3.8, 4) is 0 Å². The van der Waals surface area contributed by atoms with Crippen molar-refractivity contribution in [2.24, 2.45) is 0 Å². The van der Waals surface area contributed by atoms with Gasteiger partial charge in [-0.15, -0.1) is 0 Å². The van der Waals surface area contributed by atoms with Crippen LogP contribution in [0.2, 0.25) is 0 Å². The van der Waals surface area contributed by atoms with E-state index in [2.05, 4.69) is 31.3 Å². The summed E-state index contributed by atoms with van der Waals surface area (Å²) < 4.78 is 5.44. The van der Waals surface area contributed by atoms with Gasteiger partial charge in [0.05, 0.1) is 25.4 Å². The average molecular weight is 848 g/mol. The minimum atomic E-state index is -0.671. The largest absolute Gasteiger partial charge is 0.466 e. The summed E-state index contributed by atoms with van der Waals surface area (Å²) in [5.74, 6) is -0.0563. The quantitative estimate of drug-likeness (QED) is 0.0322. The normalized spacial score (nSPS) is 12.7. The lowest BCUT2D eigenvalue weighted by atomic mass is 10.0. The molecular weight excluding hydrogens is 743 g/mol. The molecule has 2 atom stereocenters. The summed E-state index contributed by atoms with van der Waals surface area (Å²) in [6, 6.07) is -0.549. The van der Waals surface area contributed by atoms with E-state index < -0.39 is 12.1 Å². The van der Waals surface area contributed by atoms with Crippen LogP contribution in [0.3, 0.4) is 0 Å². The second-order valence-electron chi connectivity index (χ2n) is 18.6.